The molecule has 0 saturated carbocycles. The van der Waals surface area contributed by atoms with Crippen LogP contribution in [-0.2, 0) is 21.7 Å². The zero-order chi connectivity index (χ0) is 10.4. The van der Waals surface area contributed by atoms with Crippen LogP contribution in [0.2, 0.25) is 0 Å². The molecule has 0 fully saturated rings. The molecule has 88 valence electrons. The Balaban J connectivity index is -0.0000000292. The van der Waals surface area contributed by atoms with Crippen LogP contribution in [0.3, 0.4) is 0 Å². The molecule has 0 aromatic heterocycles. The van der Waals surface area contributed by atoms with Crippen LogP contribution in [-0.4, -0.2) is 36.6 Å². The fraction of sp³-hybridized carbons (Fsp3) is 0.750. The minimum absolute atomic E-state index is 0. The Labute approximate surface area is 103 Å². The molecular weight excluding hydrogens is 218 g/mol. The van der Waals surface area contributed by atoms with Gasteiger partial charge in [-0.1, -0.05) is 0 Å². The summed E-state index contributed by atoms with van der Waals surface area (Å²) in [5.41, 5.74) is 15.0. The van der Waals surface area contributed by atoms with Gasteiger partial charge < -0.3 is 41.8 Å². The van der Waals surface area contributed by atoms with Crippen LogP contribution >= 0.6 is 0 Å². The number of nitrogens with two attached hydrogens (primary N) is 3. The second-order valence-electron chi connectivity index (χ2n) is 1.82. The second-order valence-corrected chi connectivity index (χ2v) is 1.82. The molecule has 0 radical (unpaired) electrons. The molecule has 0 aromatic rings. The third kappa shape index (κ3) is 81.4. The van der Waals surface area contributed by atoms with Crippen LogP contribution in [0.25, 0.3) is 0 Å². The Morgan fingerprint density at radius 2 is 1.57 bits per heavy atom. The van der Waals surface area contributed by atoms with Gasteiger partial charge in [0.25, 0.3) is 0 Å². The first kappa shape index (κ1) is 29.3. The molecule has 0 spiro atoms. The summed E-state index contributed by atoms with van der Waals surface area (Å²) in [5, 5.41) is 15.0. The first-order chi connectivity index (χ1) is 5.68. The monoisotopic (exact) mass is 243 g/mol. The standard InChI is InChI=1S/C3H9N2.C3H9NO.CH4O.CH3.Ti/c1-2-3(4)5;4-2-1-3-5;1-2;;/h3H,1-2,4-5H2;5H,1-4H2;2H,1H3;1H3;/q-1;;;-1;+2. The summed E-state index contributed by atoms with van der Waals surface area (Å²) < 4.78 is 0. The van der Waals surface area contributed by atoms with E-state index in [0.29, 0.717) is 13.0 Å². The van der Waals surface area contributed by atoms with Gasteiger partial charge in [0.1, 0.15) is 0 Å². The smallest absolute Gasteiger partial charge is 0.400 e. The van der Waals surface area contributed by atoms with Crippen molar-refractivity contribution in [3.05, 3.63) is 14.4 Å². The molecule has 5 nitrogen and oxygen atoms in total. The summed E-state index contributed by atoms with van der Waals surface area (Å²) in [6.07, 6.45) is 1.11. The van der Waals surface area contributed by atoms with Gasteiger partial charge >= 0.3 is 21.7 Å². The van der Waals surface area contributed by atoms with Gasteiger partial charge in [-0.25, -0.2) is 0 Å². The van der Waals surface area contributed by atoms with Crippen molar-refractivity contribution in [1.29, 1.82) is 0 Å². The first-order valence-electron chi connectivity index (χ1n) is 3.75. The van der Waals surface area contributed by atoms with E-state index < -0.39 is 0 Å². The topological polar surface area (TPSA) is 119 Å². The van der Waals surface area contributed by atoms with Gasteiger partial charge in [0.2, 0.25) is 0 Å². The van der Waals surface area contributed by atoms with Gasteiger partial charge in [-0.2, -0.15) is 6.42 Å². The number of aliphatic hydroxyl groups excluding tert-OH is 2. The second kappa shape index (κ2) is 37.5. The van der Waals surface area contributed by atoms with Crippen molar-refractivity contribution in [3.8, 4) is 0 Å². The Hall–Kier alpha value is 0.514. The summed E-state index contributed by atoms with van der Waals surface area (Å²) in [4.78, 5) is 0. The van der Waals surface area contributed by atoms with Gasteiger partial charge in [0, 0.05) is 19.9 Å². The SMILES string of the molecule is CO.NCCCO.[CH2-]CC(N)N.[CH3-].[Ti+2]. The minimum atomic E-state index is -0.227. The van der Waals surface area contributed by atoms with Crippen molar-refractivity contribution in [2.45, 2.75) is 19.0 Å². The van der Waals surface area contributed by atoms with Crippen molar-refractivity contribution >= 4 is 0 Å². The Bertz CT molecular complexity index is 57.9. The summed E-state index contributed by atoms with van der Waals surface area (Å²) in [6.45, 7) is 4.25. The van der Waals surface area contributed by atoms with Gasteiger partial charge in [-0.3, -0.25) is 0 Å². The Morgan fingerprint density at radius 3 is 1.57 bits per heavy atom. The predicted molar refractivity (Wildman–Crippen MR) is 57.5 cm³/mol. The summed E-state index contributed by atoms with van der Waals surface area (Å²) in [7, 11) is 1.00. The third-order valence-electron chi connectivity index (χ3n) is 0.696. The van der Waals surface area contributed by atoms with E-state index in [1.54, 1.807) is 0 Å². The molecule has 0 unspecified atom stereocenters. The largest absolute Gasteiger partial charge is 2.00 e. The van der Waals surface area contributed by atoms with E-state index >= 15 is 0 Å². The Kier molecular flexibility index (Phi) is 78.4. The number of hydrogen-bond acceptors (Lipinski definition) is 5. The first-order valence-corrected chi connectivity index (χ1v) is 3.75. The molecule has 8 N–H and O–H groups in total. The average molecular weight is 243 g/mol. The molecular formula is C8H25N3O2Ti. The molecule has 0 aliphatic heterocycles. The molecule has 0 saturated heterocycles. The van der Waals surface area contributed by atoms with E-state index in [1.165, 1.54) is 0 Å². The van der Waals surface area contributed by atoms with Crippen LogP contribution in [0.1, 0.15) is 12.8 Å². The van der Waals surface area contributed by atoms with Crippen LogP contribution < -0.4 is 17.2 Å². The summed E-state index contributed by atoms with van der Waals surface area (Å²) in [6, 6.07) is 0. The number of hydrogen-bond donors (Lipinski definition) is 5. The van der Waals surface area contributed by atoms with Crippen molar-refractivity contribution in [3.63, 3.8) is 0 Å². The maximum atomic E-state index is 7.99. The molecule has 0 amide bonds. The van der Waals surface area contributed by atoms with Crippen molar-refractivity contribution < 1.29 is 31.9 Å². The minimum Gasteiger partial charge on any atom is -0.400 e. The number of aliphatic hydroxyl groups is 2. The van der Waals surface area contributed by atoms with Gasteiger partial charge in [0.05, 0.1) is 0 Å². The van der Waals surface area contributed by atoms with Crippen LogP contribution in [0, 0.1) is 14.4 Å². The Morgan fingerprint density at radius 1 is 1.29 bits per heavy atom. The normalized spacial score (nSPS) is 6.86. The van der Waals surface area contributed by atoms with E-state index in [0.717, 1.165) is 13.5 Å². The summed E-state index contributed by atoms with van der Waals surface area (Å²) in [5.74, 6) is 0. The van der Waals surface area contributed by atoms with Gasteiger partial charge in [-0.05, 0) is 13.0 Å². The van der Waals surface area contributed by atoms with E-state index in [2.05, 4.69) is 6.92 Å². The maximum Gasteiger partial charge on any atom is 2.00 e. The molecule has 0 heterocycles. The number of rotatable bonds is 3. The zero-order valence-corrected chi connectivity index (χ0v) is 10.8. The molecule has 0 aliphatic rings. The van der Waals surface area contributed by atoms with Gasteiger partial charge in [0.15, 0.2) is 0 Å². The molecule has 14 heavy (non-hydrogen) atoms. The summed E-state index contributed by atoms with van der Waals surface area (Å²) >= 11 is 0. The van der Waals surface area contributed by atoms with E-state index in [9.17, 15) is 0 Å². The van der Waals surface area contributed by atoms with Crippen molar-refractivity contribution in [2.75, 3.05) is 20.3 Å². The van der Waals surface area contributed by atoms with Crippen LogP contribution in [0.15, 0.2) is 0 Å². The fourth-order valence-electron chi connectivity index (χ4n) is 0.0913. The van der Waals surface area contributed by atoms with Gasteiger partial charge in [-0.15, -0.1) is 0 Å². The molecule has 0 atom stereocenters. The molecule has 0 aromatic carbocycles. The van der Waals surface area contributed by atoms with Crippen LogP contribution in [0.5, 0.6) is 0 Å². The average Bonchev–Trinajstić information content (AvgIpc) is 2.10. The van der Waals surface area contributed by atoms with Crippen LogP contribution in [0.4, 0.5) is 0 Å². The fourth-order valence-corrected chi connectivity index (χ4v) is 0.0913. The quantitative estimate of drug-likeness (QED) is 0.243. The molecule has 0 rings (SSSR count). The molecule has 6 heteroatoms. The van der Waals surface area contributed by atoms with E-state index in [-0.39, 0.29) is 41.9 Å². The van der Waals surface area contributed by atoms with Crippen molar-refractivity contribution in [1.82, 2.24) is 0 Å². The van der Waals surface area contributed by atoms with Crippen molar-refractivity contribution in [2.24, 2.45) is 17.2 Å². The zero-order valence-electron chi connectivity index (χ0n) is 9.24. The van der Waals surface area contributed by atoms with E-state index in [4.69, 9.17) is 27.4 Å². The molecule has 0 aliphatic carbocycles. The van der Waals surface area contributed by atoms with E-state index in [1.807, 2.05) is 0 Å². The third-order valence-corrected chi connectivity index (χ3v) is 0.696. The molecule has 0 bridgehead atoms. The maximum absolute atomic E-state index is 7.99. The predicted octanol–water partition coefficient (Wildman–Crippen LogP) is -1.16.